The van der Waals surface area contributed by atoms with Crippen LogP contribution in [-0.2, 0) is 5.60 Å². The molecule has 172 valence electrons. The second kappa shape index (κ2) is 7.26. The van der Waals surface area contributed by atoms with Crippen LogP contribution >= 0.6 is 0 Å². The maximum atomic E-state index is 6.01. The molecule has 0 aromatic heterocycles. The van der Waals surface area contributed by atoms with Crippen molar-refractivity contribution in [3.05, 3.63) is 56.6 Å². The number of hydrogen-bond acceptors (Lipinski definition) is 1. The lowest BCUT2D eigenvalue weighted by molar-refractivity contribution is 0.672. The lowest BCUT2D eigenvalue weighted by atomic mass is 9.77. The monoisotopic (exact) mass is 440 g/mol. The van der Waals surface area contributed by atoms with Gasteiger partial charge in [0, 0.05) is 24.6 Å². The summed E-state index contributed by atoms with van der Waals surface area (Å²) >= 11 is 0. The fourth-order valence-electron chi connectivity index (χ4n) is 5.89. The molecule has 0 spiro atoms. The second-order valence-electron chi connectivity index (χ2n) is 11.8. The first kappa shape index (κ1) is 22.3. The summed E-state index contributed by atoms with van der Waals surface area (Å²) in [5.41, 5.74) is 7.58. The normalized spacial score (nSPS) is 15.6. The Bertz CT molecular complexity index is 1410. The molecule has 1 heterocycles. The fourth-order valence-corrected chi connectivity index (χ4v) is 5.89. The van der Waals surface area contributed by atoms with Gasteiger partial charge in [0.15, 0.2) is 10.9 Å². The number of hydrogen-bond donors (Lipinski definition) is 0. The van der Waals surface area contributed by atoms with Gasteiger partial charge in [-0.05, 0) is 85.7 Å². The molecule has 2 nitrogen and oxygen atoms in total. The van der Waals surface area contributed by atoms with Gasteiger partial charge in [0.25, 0.3) is 0 Å². The summed E-state index contributed by atoms with van der Waals surface area (Å²) in [6.45, 7) is 22.8. The van der Waals surface area contributed by atoms with E-state index in [-0.39, 0.29) is 0 Å². The van der Waals surface area contributed by atoms with Gasteiger partial charge >= 0.3 is 5.60 Å². The summed E-state index contributed by atoms with van der Waals surface area (Å²) in [5, 5.41) is 13.0. The molecule has 1 aliphatic rings. The maximum Gasteiger partial charge on any atom is 0.345 e. The van der Waals surface area contributed by atoms with Crippen molar-refractivity contribution in [1.82, 2.24) is 0 Å². The molecule has 0 atom stereocenters. The van der Waals surface area contributed by atoms with Gasteiger partial charge in [0.05, 0.1) is 5.56 Å². The van der Waals surface area contributed by atoms with Crippen LogP contribution in [0.25, 0.3) is 32.3 Å². The van der Waals surface area contributed by atoms with Crippen LogP contribution in [0.2, 0.25) is 0 Å². The zero-order chi connectivity index (χ0) is 24.0. The molecule has 2 heteroatoms. The summed E-state index contributed by atoms with van der Waals surface area (Å²) in [7, 11) is 0. The van der Waals surface area contributed by atoms with Crippen molar-refractivity contribution in [2.24, 2.45) is 5.18 Å². The predicted molar refractivity (Wildman–Crippen MR) is 145 cm³/mol. The molecular weight excluding hydrogens is 402 g/mol. The van der Waals surface area contributed by atoms with Gasteiger partial charge in [-0.2, -0.15) is 0 Å². The Morgan fingerprint density at radius 3 is 1.55 bits per heavy atom. The van der Waals surface area contributed by atoms with Crippen LogP contribution in [0, 0.1) is 4.54 Å². The van der Waals surface area contributed by atoms with Crippen LogP contribution < -0.4 is 0 Å². The van der Waals surface area contributed by atoms with Crippen molar-refractivity contribution in [3.63, 3.8) is 0 Å². The Hall–Kier alpha value is -2.48. The fraction of sp³-hybridized carbons (Fsp3) is 0.484. The minimum atomic E-state index is -0.408. The van der Waals surface area contributed by atoms with Gasteiger partial charge in [-0.25, -0.2) is 0 Å². The summed E-state index contributed by atoms with van der Waals surface area (Å²) in [5.74, 6) is 1.77. The third-order valence-corrected chi connectivity index (χ3v) is 7.72. The number of benzene rings is 4. The van der Waals surface area contributed by atoms with E-state index in [0.29, 0.717) is 23.7 Å². The van der Waals surface area contributed by atoms with E-state index in [1.165, 1.54) is 60.1 Å². The first-order chi connectivity index (χ1) is 15.4. The lowest BCUT2D eigenvalue weighted by Gasteiger charge is -2.26. The van der Waals surface area contributed by atoms with Crippen molar-refractivity contribution < 1.29 is 0 Å². The molecule has 1 aliphatic heterocycles. The molecule has 0 fully saturated rings. The Morgan fingerprint density at radius 2 is 1.03 bits per heavy atom. The van der Waals surface area contributed by atoms with Crippen LogP contribution in [0.1, 0.15) is 121 Å². The Kier molecular flexibility index (Phi) is 4.91. The summed E-state index contributed by atoms with van der Waals surface area (Å²) in [6.07, 6.45) is 0. The molecule has 4 aromatic rings. The third-order valence-electron chi connectivity index (χ3n) is 7.72. The molecule has 0 saturated heterocycles. The second-order valence-corrected chi connectivity index (χ2v) is 11.8. The van der Waals surface area contributed by atoms with E-state index >= 15 is 0 Å². The van der Waals surface area contributed by atoms with Gasteiger partial charge in [-0.3, -0.25) is 0 Å². The zero-order valence-electron chi connectivity index (χ0n) is 22.0. The van der Waals surface area contributed by atoms with Gasteiger partial charge < -0.3 is 0 Å². The number of fused-ring (bicyclic) bond motifs is 2. The van der Waals surface area contributed by atoms with E-state index in [1.54, 1.807) is 0 Å². The first-order valence-corrected chi connectivity index (χ1v) is 12.7. The molecule has 0 amide bonds. The maximum absolute atomic E-state index is 6.01. The largest absolute Gasteiger partial charge is 0.345 e. The van der Waals surface area contributed by atoms with Gasteiger partial charge in [-0.1, -0.05) is 61.5 Å². The highest BCUT2D eigenvalue weighted by Crippen LogP contribution is 2.53. The summed E-state index contributed by atoms with van der Waals surface area (Å²) in [6, 6.07) is 9.86. The molecule has 0 saturated carbocycles. The molecule has 0 aliphatic carbocycles. The highest BCUT2D eigenvalue weighted by atomic mass is 16.5. The van der Waals surface area contributed by atoms with E-state index in [0.717, 1.165) is 5.69 Å². The quantitative estimate of drug-likeness (QED) is 0.223. The molecule has 0 N–H and O–H groups in total. The molecule has 33 heavy (non-hydrogen) atoms. The molecule has 0 unspecified atom stereocenters. The zero-order valence-corrected chi connectivity index (χ0v) is 22.0. The van der Waals surface area contributed by atoms with Gasteiger partial charge in [0.1, 0.15) is 0 Å². The van der Waals surface area contributed by atoms with E-state index in [2.05, 4.69) is 93.5 Å². The smallest absolute Gasteiger partial charge is 0.106 e. The number of nitrogens with zero attached hydrogens (tertiary/aromatic N) is 1. The Morgan fingerprint density at radius 1 is 0.576 bits per heavy atom. The van der Waals surface area contributed by atoms with E-state index in [1.807, 2.05) is 0 Å². The van der Waals surface area contributed by atoms with Crippen LogP contribution in [0.4, 0.5) is 5.69 Å². The predicted octanol–water partition coefficient (Wildman–Crippen LogP) is 10.3. The van der Waals surface area contributed by atoms with Crippen LogP contribution in [0.15, 0.2) is 29.4 Å². The van der Waals surface area contributed by atoms with Gasteiger partial charge in [0.2, 0.25) is 0 Å². The Balaban J connectivity index is 2.17. The summed E-state index contributed by atoms with van der Waals surface area (Å²) < 4.78 is 6.01. The topological polar surface area (TPSA) is 23.7 Å². The lowest BCUT2D eigenvalue weighted by Crippen LogP contribution is -2.12. The van der Waals surface area contributed by atoms with Gasteiger partial charge in [-0.15, -0.1) is 4.54 Å². The van der Waals surface area contributed by atoms with Crippen LogP contribution in [0.3, 0.4) is 0 Å². The molecule has 0 bridgehead atoms. The average Bonchev–Trinajstić information content (AvgIpc) is 3.04. The third kappa shape index (κ3) is 3.06. The minimum Gasteiger partial charge on any atom is -0.106 e. The minimum absolute atomic E-state index is 0.398. The van der Waals surface area contributed by atoms with Crippen molar-refractivity contribution in [1.29, 1.82) is 0 Å². The molecule has 5 rings (SSSR count). The molecule has 0 radical (unpaired) electrons. The Labute approximate surface area is 198 Å². The molecular formula is C31H38NO+. The SMILES string of the molecule is CC(C)c1cc(C(C)C)c2cc(C(C)C)c3c4c(cc5c(C(C)C)cc1c2c53)C(C)(C)[O+]=N4. The van der Waals surface area contributed by atoms with E-state index in [4.69, 9.17) is 9.71 Å². The van der Waals surface area contributed by atoms with Crippen LogP contribution in [-0.4, -0.2) is 0 Å². The van der Waals surface area contributed by atoms with E-state index in [9.17, 15) is 0 Å². The standard InChI is InChI=1S/C31H38NO/c1-15(2)19-11-20(16(3)4)24-13-22(18(7)8)29-28-25(14-26-30(29)32-33-31(26,9)10)21(17(5)6)12-23(19)27(24)28/h11-18H,1-10H3/q+1. The number of rotatable bonds is 4. The number of nitroso groups, excluding NO2 is 1. The molecule has 4 aromatic carbocycles. The highest BCUT2D eigenvalue weighted by Gasteiger charge is 2.44. The van der Waals surface area contributed by atoms with E-state index < -0.39 is 5.60 Å². The van der Waals surface area contributed by atoms with Crippen molar-refractivity contribution >= 4 is 38.0 Å². The van der Waals surface area contributed by atoms with Crippen molar-refractivity contribution in [2.45, 2.75) is 98.5 Å². The first-order valence-electron chi connectivity index (χ1n) is 12.7. The van der Waals surface area contributed by atoms with Crippen molar-refractivity contribution in [3.8, 4) is 0 Å². The average molecular weight is 441 g/mol. The van der Waals surface area contributed by atoms with Crippen LogP contribution in [0.5, 0.6) is 0 Å². The summed E-state index contributed by atoms with van der Waals surface area (Å²) in [4.78, 5) is 0. The van der Waals surface area contributed by atoms with Crippen molar-refractivity contribution in [2.75, 3.05) is 0 Å². The highest BCUT2D eigenvalue weighted by molar-refractivity contribution is 6.28.